The number of hydrogen-bond acceptors (Lipinski definition) is 18. The smallest absolute Gasteiger partial charge is 0.240 e. The first-order valence-corrected chi connectivity index (χ1v) is 21.4. The molecule has 1 amide bonds. The Morgan fingerprint density at radius 1 is 1.08 bits per heavy atom. The van der Waals surface area contributed by atoms with Crippen LogP contribution in [-0.4, -0.2) is 136 Å². The number of aromatic nitrogens is 1. The lowest BCUT2D eigenvalue weighted by Crippen LogP contribution is -2.55. The molecule has 8 atom stereocenters. The second-order valence-corrected chi connectivity index (χ2v) is 17.2. The minimum Gasteiger partial charge on any atom is -0.507 e. The molecule has 2 aliphatic carbocycles. The van der Waals surface area contributed by atoms with Crippen molar-refractivity contribution in [1.82, 2.24) is 15.3 Å². The molecule has 3 fully saturated rings. The zero-order valence-electron chi connectivity index (χ0n) is 32.4. The maximum absolute atomic E-state index is 14.2. The molecule has 3 aromatic rings. The molecule has 3 aliphatic heterocycles. The van der Waals surface area contributed by atoms with Crippen molar-refractivity contribution in [2.24, 2.45) is 5.10 Å². The van der Waals surface area contributed by atoms with E-state index in [-0.39, 0.29) is 65.1 Å². The number of hydrazone groups is 1. The lowest BCUT2D eigenvalue weighted by atomic mass is 9.71. The largest absolute Gasteiger partial charge is 0.507 e. The Morgan fingerprint density at radius 3 is 2.64 bits per heavy atom. The molecule has 0 unspecified atom stereocenters. The molecular weight excluding hydrogens is 809 g/mol. The van der Waals surface area contributed by atoms with E-state index in [0.29, 0.717) is 18.9 Å². The lowest BCUT2D eigenvalue weighted by Gasteiger charge is -2.44. The van der Waals surface area contributed by atoms with Crippen molar-refractivity contribution in [3.63, 3.8) is 0 Å². The summed E-state index contributed by atoms with van der Waals surface area (Å²) >= 11 is 0. The molecule has 5 aliphatic rings. The van der Waals surface area contributed by atoms with Gasteiger partial charge in [0.2, 0.25) is 11.7 Å². The van der Waals surface area contributed by atoms with Gasteiger partial charge < -0.3 is 48.8 Å². The standard InChI is InChI=1S/C40H44N4O13S2/c1-19-37-22(44-12-13-54-39(53-3)38(44)57-37)15-28(55-19)56-24-17-40(51,25(18-45)42-43-26(46)10-14-58-59-27-9-4-5-11-41-27)16-21-30(24)36(50)32-31(34(21)48)33(47)20-7-6-8-23(52-2)29(20)35(32)49/h4-9,11,19,22,24,28,37-39,45,48,50-51H,10,12-18H2,1-3H3,(H,43,46)/b42-25-/t19-,22-,24-,28-,37+,38+,39-,40-/m0/s1. The number of phenols is 2. The quantitative estimate of drug-likeness (QED) is 0.0454. The summed E-state index contributed by atoms with van der Waals surface area (Å²) in [6.45, 7) is 1.99. The molecule has 1 aromatic heterocycles. The number of nitrogens with zero attached hydrogens (tertiary/aromatic N) is 3. The molecule has 8 rings (SSSR count). The van der Waals surface area contributed by atoms with Crippen LogP contribution in [0.25, 0.3) is 0 Å². The predicted molar refractivity (Wildman–Crippen MR) is 211 cm³/mol. The number of aromatic hydroxyl groups is 2. The number of ketones is 2. The highest BCUT2D eigenvalue weighted by atomic mass is 33.1. The van der Waals surface area contributed by atoms with Gasteiger partial charge in [0.1, 0.15) is 34.0 Å². The summed E-state index contributed by atoms with van der Waals surface area (Å²) in [5.41, 5.74) is -1.11. The fourth-order valence-corrected chi connectivity index (χ4v) is 10.5. The van der Waals surface area contributed by atoms with Crippen LogP contribution in [0.4, 0.5) is 0 Å². The predicted octanol–water partition coefficient (Wildman–Crippen LogP) is 2.84. The highest BCUT2D eigenvalue weighted by molar-refractivity contribution is 8.76. The third-order valence-electron chi connectivity index (χ3n) is 11.4. The minimum atomic E-state index is -2.11. The number of benzene rings is 2. The fraction of sp³-hybridized carbons (Fsp3) is 0.475. The Hall–Kier alpha value is -4.15. The number of fused-ring (bicyclic) bond motifs is 6. The molecule has 59 heavy (non-hydrogen) atoms. The molecule has 4 heterocycles. The summed E-state index contributed by atoms with van der Waals surface area (Å²) in [4.78, 5) is 47.5. The molecule has 314 valence electrons. The van der Waals surface area contributed by atoms with E-state index in [1.807, 2.05) is 25.1 Å². The van der Waals surface area contributed by atoms with Crippen molar-refractivity contribution in [2.45, 2.75) is 86.4 Å². The summed E-state index contributed by atoms with van der Waals surface area (Å²) in [7, 11) is 5.72. The molecular formula is C40H44N4O13S2. The maximum atomic E-state index is 14.2. The van der Waals surface area contributed by atoms with Gasteiger partial charge in [-0.15, -0.1) is 0 Å². The highest BCUT2D eigenvalue weighted by Gasteiger charge is 2.55. The van der Waals surface area contributed by atoms with Gasteiger partial charge in [0.25, 0.3) is 0 Å². The van der Waals surface area contributed by atoms with Crippen molar-refractivity contribution in [2.75, 3.05) is 39.7 Å². The van der Waals surface area contributed by atoms with Crippen LogP contribution in [0.2, 0.25) is 0 Å². The number of phenolic OH excluding ortho intramolecular Hbond substituents is 2. The normalized spacial score (nSPS) is 28.9. The number of morpholine rings is 1. The van der Waals surface area contributed by atoms with Gasteiger partial charge in [-0.3, -0.25) is 19.3 Å². The van der Waals surface area contributed by atoms with E-state index in [1.165, 1.54) is 46.9 Å². The van der Waals surface area contributed by atoms with E-state index in [9.17, 15) is 34.8 Å². The fourth-order valence-electron chi connectivity index (χ4n) is 8.65. The Morgan fingerprint density at radius 2 is 1.90 bits per heavy atom. The van der Waals surface area contributed by atoms with Crippen molar-refractivity contribution < 1.29 is 63.2 Å². The Bertz CT molecular complexity index is 2160. The second kappa shape index (κ2) is 17.1. The average Bonchev–Trinajstić information content (AvgIpc) is 3.62. The van der Waals surface area contributed by atoms with Gasteiger partial charge in [0.15, 0.2) is 24.6 Å². The monoisotopic (exact) mass is 852 g/mol. The van der Waals surface area contributed by atoms with E-state index >= 15 is 0 Å². The summed E-state index contributed by atoms with van der Waals surface area (Å²) < 4.78 is 36.0. The van der Waals surface area contributed by atoms with E-state index in [2.05, 4.69) is 20.4 Å². The van der Waals surface area contributed by atoms with Crippen molar-refractivity contribution in [1.29, 1.82) is 0 Å². The van der Waals surface area contributed by atoms with Crippen molar-refractivity contribution >= 4 is 44.8 Å². The van der Waals surface area contributed by atoms with Gasteiger partial charge in [-0.1, -0.05) is 29.0 Å². The number of nitrogens with one attached hydrogen (secondary N) is 1. The zero-order chi connectivity index (χ0) is 41.6. The number of hydrogen-bond donors (Lipinski definition) is 5. The van der Waals surface area contributed by atoms with Crippen LogP contribution in [0, 0.1) is 0 Å². The van der Waals surface area contributed by atoms with E-state index in [0.717, 1.165) is 5.03 Å². The topological polar surface area (TPSA) is 228 Å². The average molecular weight is 853 g/mol. The molecule has 17 nitrogen and oxygen atoms in total. The van der Waals surface area contributed by atoms with Crippen LogP contribution in [0.5, 0.6) is 17.2 Å². The second-order valence-electron chi connectivity index (χ2n) is 14.8. The highest BCUT2D eigenvalue weighted by Crippen LogP contribution is 2.53. The third-order valence-corrected chi connectivity index (χ3v) is 13.6. The van der Waals surface area contributed by atoms with E-state index in [1.54, 1.807) is 13.3 Å². The van der Waals surface area contributed by atoms with Gasteiger partial charge in [-0.05, 0) is 35.9 Å². The number of pyridine rings is 1. The third kappa shape index (κ3) is 7.62. The first-order valence-electron chi connectivity index (χ1n) is 19.1. The number of methoxy groups -OCH3 is 2. The molecule has 19 heteroatoms. The van der Waals surface area contributed by atoms with Crippen LogP contribution in [0.1, 0.15) is 75.3 Å². The van der Waals surface area contributed by atoms with Gasteiger partial charge in [-0.2, -0.15) is 5.10 Å². The van der Waals surface area contributed by atoms with Gasteiger partial charge in [0.05, 0.1) is 54.9 Å². The Kier molecular flexibility index (Phi) is 12.0. The van der Waals surface area contributed by atoms with Crippen molar-refractivity contribution in [3.8, 4) is 17.2 Å². The van der Waals surface area contributed by atoms with E-state index in [4.69, 9.17) is 28.4 Å². The van der Waals surface area contributed by atoms with Gasteiger partial charge in [-0.25, -0.2) is 10.4 Å². The Balaban J connectivity index is 1.12. The number of rotatable bonds is 12. The summed E-state index contributed by atoms with van der Waals surface area (Å²) in [5, 5.41) is 52.0. The summed E-state index contributed by atoms with van der Waals surface area (Å²) in [5.74, 6) is -2.73. The lowest BCUT2D eigenvalue weighted by molar-refractivity contribution is -0.255. The van der Waals surface area contributed by atoms with E-state index < -0.39 is 89.7 Å². The molecule has 2 aromatic carbocycles. The van der Waals surface area contributed by atoms with Gasteiger partial charge in [0, 0.05) is 74.0 Å². The molecule has 5 N–H and O–H groups in total. The molecule has 0 spiro atoms. The molecule has 0 bridgehead atoms. The maximum Gasteiger partial charge on any atom is 0.240 e. The van der Waals surface area contributed by atoms with Crippen LogP contribution < -0.4 is 10.2 Å². The van der Waals surface area contributed by atoms with Crippen LogP contribution >= 0.6 is 21.6 Å². The SMILES string of the molecule is COc1cccc2c1C(=O)c1c(O)c3c(c(O)c1C2=O)C[C@@](O)(/C(CO)=N\NC(=O)CCSSc1ccccn1)C[C@@H]3O[C@H]1C[C@H]2[C@H](O[C@@H]3[C@@H](OC)OCCN32)[C@H](C)O1. The number of amides is 1. The van der Waals surface area contributed by atoms with Crippen molar-refractivity contribution in [3.05, 3.63) is 76.0 Å². The number of aliphatic hydroxyl groups is 2. The van der Waals surface area contributed by atoms with Crippen LogP contribution in [0.3, 0.4) is 0 Å². The molecule has 0 saturated carbocycles. The zero-order valence-corrected chi connectivity index (χ0v) is 34.0. The summed E-state index contributed by atoms with van der Waals surface area (Å²) in [6, 6.07) is 9.79. The van der Waals surface area contributed by atoms with Crippen LogP contribution in [-0.2, 0) is 34.9 Å². The number of carbonyl (C=O) groups is 3. The number of aliphatic hydroxyl groups excluding tert-OH is 1. The first-order chi connectivity index (χ1) is 28.5. The van der Waals surface area contributed by atoms with Gasteiger partial charge >= 0.3 is 0 Å². The Labute approximate surface area is 346 Å². The number of carbonyl (C=O) groups excluding carboxylic acids is 3. The molecule has 0 radical (unpaired) electrons. The number of ether oxygens (including phenoxy) is 6. The summed E-state index contributed by atoms with van der Waals surface area (Å²) in [6.07, 6.45) is -3.08. The minimum absolute atomic E-state index is 0.0395. The molecule has 3 saturated heterocycles. The first kappa shape index (κ1) is 41.6. The van der Waals surface area contributed by atoms with Crippen LogP contribution in [0.15, 0.2) is 52.7 Å².